The minimum absolute atomic E-state index is 0.00122. The van der Waals surface area contributed by atoms with Crippen LogP contribution in [0.15, 0.2) is 24.5 Å². The molecule has 1 saturated carbocycles. The Hall–Kier alpha value is -2.50. The Kier molecular flexibility index (Phi) is 4.11. The van der Waals surface area contributed by atoms with Gasteiger partial charge in [-0.25, -0.2) is 9.97 Å². The smallest absolute Gasteiger partial charge is 0.229 e. The summed E-state index contributed by atoms with van der Waals surface area (Å²) in [6.45, 7) is 2.06. The molecule has 1 aliphatic heterocycles. The number of nitrogens with zero attached hydrogens (tertiary/aromatic N) is 3. The van der Waals surface area contributed by atoms with Gasteiger partial charge in [0.05, 0.1) is 5.52 Å². The largest absolute Gasteiger partial charge is 0.367 e. The van der Waals surface area contributed by atoms with Gasteiger partial charge in [0.1, 0.15) is 12.1 Å². The van der Waals surface area contributed by atoms with E-state index in [2.05, 4.69) is 28.3 Å². The molecule has 4 rings (SSSR count). The molecule has 2 aliphatic rings. The molecule has 6 heteroatoms. The molecule has 1 aromatic heterocycles. The van der Waals surface area contributed by atoms with E-state index in [1.807, 2.05) is 12.1 Å². The lowest BCUT2D eigenvalue weighted by Gasteiger charge is -2.34. The van der Waals surface area contributed by atoms with E-state index in [0.717, 1.165) is 42.4 Å². The quantitative estimate of drug-likeness (QED) is 0.871. The molecule has 130 valence electrons. The molecule has 0 atom stereocenters. The van der Waals surface area contributed by atoms with Crippen molar-refractivity contribution in [3.05, 3.63) is 30.1 Å². The van der Waals surface area contributed by atoms with Crippen LogP contribution in [-0.4, -0.2) is 38.8 Å². The van der Waals surface area contributed by atoms with Crippen molar-refractivity contribution in [1.82, 2.24) is 14.9 Å². The molecule has 1 aromatic carbocycles. The Morgan fingerprint density at radius 2 is 1.76 bits per heavy atom. The third-order valence-electron chi connectivity index (χ3n) is 5.28. The normalized spacial score (nSPS) is 24.1. The van der Waals surface area contributed by atoms with Gasteiger partial charge in [-0.15, -0.1) is 0 Å². The van der Waals surface area contributed by atoms with Crippen molar-refractivity contribution in [3.8, 4) is 0 Å². The number of aryl methyl sites for hydroxylation is 1. The van der Waals surface area contributed by atoms with Crippen molar-refractivity contribution in [2.24, 2.45) is 0 Å². The van der Waals surface area contributed by atoms with Gasteiger partial charge in [-0.2, -0.15) is 0 Å². The molecular weight excluding hydrogens is 316 g/mol. The molecule has 25 heavy (non-hydrogen) atoms. The highest BCUT2D eigenvalue weighted by atomic mass is 16.2. The molecule has 1 aliphatic carbocycles. The van der Waals surface area contributed by atoms with Crippen molar-refractivity contribution in [2.75, 3.05) is 5.32 Å². The molecule has 2 heterocycles. The highest BCUT2D eigenvalue weighted by molar-refractivity contribution is 6.02. The van der Waals surface area contributed by atoms with Crippen molar-refractivity contribution in [2.45, 2.75) is 57.5 Å². The average molecular weight is 338 g/mol. The van der Waals surface area contributed by atoms with E-state index in [-0.39, 0.29) is 17.9 Å². The lowest BCUT2D eigenvalue weighted by atomic mass is 9.90. The van der Waals surface area contributed by atoms with Gasteiger partial charge in [0.15, 0.2) is 0 Å². The van der Waals surface area contributed by atoms with Crippen LogP contribution in [0.25, 0.3) is 10.9 Å². The summed E-state index contributed by atoms with van der Waals surface area (Å²) in [5.74, 6) is 0.864. The Morgan fingerprint density at radius 1 is 1.04 bits per heavy atom. The van der Waals surface area contributed by atoms with Crippen LogP contribution < -0.4 is 5.32 Å². The Balaban J connectivity index is 1.45. The number of imide groups is 1. The molecule has 0 bridgehead atoms. The molecule has 2 fully saturated rings. The SMILES string of the molecule is Cc1ccc2ncnc(NC3CCC(N4C(=O)CCC4=O)CC3)c2c1. The maximum absolute atomic E-state index is 11.9. The average Bonchev–Trinajstić information content (AvgIpc) is 2.95. The molecule has 0 radical (unpaired) electrons. The fraction of sp³-hybridized carbons (Fsp3) is 0.474. The van der Waals surface area contributed by atoms with Crippen molar-refractivity contribution >= 4 is 28.5 Å². The molecule has 2 amide bonds. The van der Waals surface area contributed by atoms with Crippen LogP contribution in [0.4, 0.5) is 5.82 Å². The number of fused-ring (bicyclic) bond motifs is 1. The minimum Gasteiger partial charge on any atom is -0.367 e. The topological polar surface area (TPSA) is 75.2 Å². The summed E-state index contributed by atoms with van der Waals surface area (Å²) in [5.41, 5.74) is 2.12. The number of hydrogen-bond acceptors (Lipinski definition) is 5. The van der Waals surface area contributed by atoms with Crippen LogP contribution in [0.1, 0.15) is 44.1 Å². The summed E-state index contributed by atoms with van der Waals surface area (Å²) in [5, 5.41) is 4.58. The van der Waals surface area contributed by atoms with Gasteiger partial charge >= 0.3 is 0 Å². The van der Waals surface area contributed by atoms with Gasteiger partial charge in [-0.05, 0) is 44.7 Å². The molecule has 0 spiro atoms. The van der Waals surface area contributed by atoms with Gasteiger partial charge in [0.25, 0.3) is 0 Å². The molecular formula is C19H22N4O2. The van der Waals surface area contributed by atoms with Crippen LogP contribution in [0.3, 0.4) is 0 Å². The van der Waals surface area contributed by atoms with E-state index in [4.69, 9.17) is 0 Å². The molecule has 6 nitrogen and oxygen atoms in total. The first-order chi connectivity index (χ1) is 12.1. The van der Waals surface area contributed by atoms with E-state index in [1.54, 1.807) is 6.33 Å². The molecule has 1 N–H and O–H groups in total. The number of benzene rings is 1. The second-order valence-corrected chi connectivity index (χ2v) is 7.05. The van der Waals surface area contributed by atoms with Gasteiger partial charge < -0.3 is 5.32 Å². The maximum atomic E-state index is 11.9. The number of amides is 2. The molecule has 2 aromatic rings. The van der Waals surface area contributed by atoms with Crippen LogP contribution in [-0.2, 0) is 9.59 Å². The zero-order valence-electron chi connectivity index (χ0n) is 14.4. The predicted molar refractivity (Wildman–Crippen MR) is 95.0 cm³/mol. The second kappa shape index (κ2) is 6.43. The summed E-state index contributed by atoms with van der Waals surface area (Å²) in [4.78, 5) is 34.1. The van der Waals surface area contributed by atoms with Gasteiger partial charge in [0.2, 0.25) is 11.8 Å². The fourth-order valence-corrected chi connectivity index (χ4v) is 3.96. The van der Waals surface area contributed by atoms with Crippen molar-refractivity contribution < 1.29 is 9.59 Å². The number of rotatable bonds is 3. The summed E-state index contributed by atoms with van der Waals surface area (Å²) >= 11 is 0. The first-order valence-electron chi connectivity index (χ1n) is 8.94. The van der Waals surface area contributed by atoms with Crippen LogP contribution in [0.2, 0.25) is 0 Å². The second-order valence-electron chi connectivity index (χ2n) is 7.05. The summed E-state index contributed by atoms with van der Waals surface area (Å²) in [7, 11) is 0. The summed E-state index contributed by atoms with van der Waals surface area (Å²) in [6.07, 6.45) is 5.92. The van der Waals surface area contributed by atoms with E-state index >= 15 is 0 Å². The monoisotopic (exact) mass is 338 g/mol. The van der Waals surface area contributed by atoms with E-state index in [0.29, 0.717) is 18.9 Å². The van der Waals surface area contributed by atoms with Gasteiger partial charge in [-0.3, -0.25) is 14.5 Å². The predicted octanol–water partition coefficient (Wildman–Crippen LogP) is 2.81. The Morgan fingerprint density at radius 3 is 2.48 bits per heavy atom. The maximum Gasteiger partial charge on any atom is 0.229 e. The van der Waals surface area contributed by atoms with Crippen molar-refractivity contribution in [3.63, 3.8) is 0 Å². The lowest BCUT2D eigenvalue weighted by Crippen LogP contribution is -2.43. The van der Waals surface area contributed by atoms with Crippen molar-refractivity contribution in [1.29, 1.82) is 0 Å². The Bertz CT molecular complexity index is 811. The number of likely N-dealkylation sites (tertiary alicyclic amines) is 1. The Labute approximate surface area is 146 Å². The fourth-order valence-electron chi connectivity index (χ4n) is 3.96. The van der Waals surface area contributed by atoms with E-state index < -0.39 is 0 Å². The number of carbonyl (C=O) groups excluding carboxylic acids is 2. The molecule has 0 unspecified atom stereocenters. The highest BCUT2D eigenvalue weighted by Crippen LogP contribution is 2.30. The third-order valence-corrected chi connectivity index (χ3v) is 5.28. The first-order valence-corrected chi connectivity index (χ1v) is 8.94. The van der Waals surface area contributed by atoms with Gasteiger partial charge in [0, 0.05) is 30.3 Å². The van der Waals surface area contributed by atoms with Crippen LogP contribution in [0.5, 0.6) is 0 Å². The lowest BCUT2D eigenvalue weighted by molar-refractivity contribution is -0.141. The van der Waals surface area contributed by atoms with E-state index in [1.165, 1.54) is 10.5 Å². The highest BCUT2D eigenvalue weighted by Gasteiger charge is 2.36. The zero-order chi connectivity index (χ0) is 17.4. The number of anilines is 1. The van der Waals surface area contributed by atoms with Gasteiger partial charge in [-0.1, -0.05) is 11.6 Å². The number of aromatic nitrogens is 2. The first kappa shape index (κ1) is 16.0. The van der Waals surface area contributed by atoms with Crippen LogP contribution in [0, 0.1) is 6.92 Å². The van der Waals surface area contributed by atoms with Crippen LogP contribution >= 0.6 is 0 Å². The summed E-state index contributed by atoms with van der Waals surface area (Å²) < 4.78 is 0. The molecule has 1 saturated heterocycles. The minimum atomic E-state index is -0.00122. The third kappa shape index (κ3) is 3.08. The zero-order valence-corrected chi connectivity index (χ0v) is 14.4. The number of nitrogens with one attached hydrogen (secondary N) is 1. The number of carbonyl (C=O) groups is 2. The van der Waals surface area contributed by atoms with E-state index in [9.17, 15) is 9.59 Å². The standard InChI is InChI=1S/C19H22N4O2/c1-12-2-7-16-15(10-12)19(21-11-20-16)22-13-3-5-14(6-4-13)23-17(24)8-9-18(23)25/h2,7,10-11,13-14H,3-6,8-9H2,1H3,(H,20,21,22). The number of hydrogen-bond donors (Lipinski definition) is 1. The summed E-state index contributed by atoms with van der Waals surface area (Å²) in [6, 6.07) is 6.55.